The molecule has 0 aliphatic carbocycles. The first-order valence-electron chi connectivity index (χ1n) is 11.5. The molecule has 0 bridgehead atoms. The lowest BCUT2D eigenvalue weighted by Gasteiger charge is -2.26. The van der Waals surface area contributed by atoms with E-state index in [1.165, 1.54) is 30.0 Å². The van der Waals surface area contributed by atoms with Gasteiger partial charge in [-0.15, -0.1) is 0 Å². The van der Waals surface area contributed by atoms with Crippen molar-refractivity contribution in [3.8, 4) is 17.1 Å². The number of pyridine rings is 1. The van der Waals surface area contributed by atoms with Gasteiger partial charge in [-0.25, -0.2) is 4.79 Å². The molecular formula is C25H30N4O3. The summed E-state index contributed by atoms with van der Waals surface area (Å²) >= 11 is 0. The third-order valence-electron chi connectivity index (χ3n) is 6.45. The number of hydrogen-bond donors (Lipinski definition) is 1. The zero-order valence-electron chi connectivity index (χ0n) is 18.3. The van der Waals surface area contributed by atoms with Crippen LogP contribution in [-0.4, -0.2) is 49.9 Å². The van der Waals surface area contributed by atoms with E-state index in [1.807, 2.05) is 30.3 Å². The van der Waals surface area contributed by atoms with E-state index in [0.29, 0.717) is 13.1 Å². The monoisotopic (exact) mass is 434 g/mol. The highest BCUT2D eigenvalue weighted by molar-refractivity contribution is 5.59. The number of aromatic hydroxyl groups is 1. The van der Waals surface area contributed by atoms with E-state index in [4.69, 9.17) is 9.72 Å². The van der Waals surface area contributed by atoms with Gasteiger partial charge in [-0.1, -0.05) is 36.8 Å². The van der Waals surface area contributed by atoms with Gasteiger partial charge in [-0.2, -0.15) is 0 Å². The third-order valence-corrected chi connectivity index (χ3v) is 6.45. The second kappa shape index (κ2) is 9.30. The number of nitrogens with zero attached hydrogens (tertiary/aromatic N) is 4. The van der Waals surface area contributed by atoms with Crippen molar-refractivity contribution in [1.82, 2.24) is 19.0 Å². The number of likely N-dealkylation sites (tertiary alicyclic amines) is 1. The number of ether oxygens (including phenoxy) is 1. The maximum atomic E-state index is 12.7. The Morgan fingerprint density at radius 3 is 2.53 bits per heavy atom. The molecule has 7 nitrogen and oxygen atoms in total. The highest BCUT2D eigenvalue weighted by atomic mass is 16.5. The summed E-state index contributed by atoms with van der Waals surface area (Å²) in [5.74, 6) is -0.0168. The van der Waals surface area contributed by atoms with Gasteiger partial charge in [0.15, 0.2) is 0 Å². The minimum absolute atomic E-state index is 0.0168. The van der Waals surface area contributed by atoms with Crippen LogP contribution < -0.4 is 5.69 Å². The number of imidazole rings is 1. The van der Waals surface area contributed by atoms with Crippen molar-refractivity contribution in [1.29, 1.82) is 0 Å². The summed E-state index contributed by atoms with van der Waals surface area (Å²) in [6.07, 6.45) is 6.33. The molecule has 1 unspecified atom stereocenters. The zero-order chi connectivity index (χ0) is 21.9. The summed E-state index contributed by atoms with van der Waals surface area (Å²) in [5.41, 5.74) is 3.91. The molecule has 0 spiro atoms. The average Bonchev–Trinajstić information content (AvgIpc) is 3.04. The Balaban J connectivity index is 1.27. The van der Waals surface area contributed by atoms with E-state index in [2.05, 4.69) is 17.0 Å². The van der Waals surface area contributed by atoms with Crippen LogP contribution in [0.2, 0.25) is 0 Å². The molecule has 2 aromatic heterocycles. The largest absolute Gasteiger partial charge is 0.493 e. The lowest BCUT2D eigenvalue weighted by atomic mass is 10.1. The third kappa shape index (κ3) is 4.64. The molecular weight excluding hydrogens is 404 g/mol. The average molecular weight is 435 g/mol. The van der Waals surface area contributed by atoms with Gasteiger partial charge in [0, 0.05) is 18.7 Å². The van der Waals surface area contributed by atoms with Crippen molar-refractivity contribution in [3.63, 3.8) is 0 Å². The molecule has 2 saturated heterocycles. The second-order valence-corrected chi connectivity index (χ2v) is 8.84. The second-order valence-electron chi connectivity index (χ2n) is 8.84. The maximum absolute atomic E-state index is 12.7. The summed E-state index contributed by atoms with van der Waals surface area (Å²) in [5, 5.41) is 10.2. The van der Waals surface area contributed by atoms with Crippen LogP contribution in [0.3, 0.4) is 0 Å². The molecule has 2 aliphatic heterocycles. The summed E-state index contributed by atoms with van der Waals surface area (Å²) in [6, 6.07) is 14.4. The zero-order valence-corrected chi connectivity index (χ0v) is 18.3. The first-order chi connectivity index (χ1) is 15.7. The summed E-state index contributed by atoms with van der Waals surface area (Å²) in [7, 11) is 0. The molecule has 7 heteroatoms. The molecule has 1 N–H and O–H groups in total. The predicted molar refractivity (Wildman–Crippen MR) is 123 cm³/mol. The number of benzene rings is 1. The molecule has 5 rings (SSSR count). The first-order valence-corrected chi connectivity index (χ1v) is 11.5. The fourth-order valence-electron chi connectivity index (χ4n) is 4.49. The van der Waals surface area contributed by atoms with Crippen LogP contribution in [0, 0.1) is 0 Å². The van der Waals surface area contributed by atoms with Crippen molar-refractivity contribution >= 4 is 0 Å². The van der Waals surface area contributed by atoms with Crippen molar-refractivity contribution in [3.05, 3.63) is 70.4 Å². The maximum Gasteiger partial charge on any atom is 0.331 e. The molecule has 3 aromatic rings. The Morgan fingerprint density at radius 2 is 1.81 bits per heavy atom. The van der Waals surface area contributed by atoms with Gasteiger partial charge < -0.3 is 9.84 Å². The summed E-state index contributed by atoms with van der Waals surface area (Å²) in [4.78, 5) is 20.0. The van der Waals surface area contributed by atoms with Crippen molar-refractivity contribution in [2.24, 2.45) is 0 Å². The van der Waals surface area contributed by atoms with E-state index in [9.17, 15) is 9.90 Å². The molecule has 0 radical (unpaired) electrons. The van der Waals surface area contributed by atoms with Gasteiger partial charge in [-0.05, 0) is 50.0 Å². The molecule has 2 fully saturated rings. The van der Waals surface area contributed by atoms with Crippen molar-refractivity contribution in [2.75, 3.05) is 19.7 Å². The SMILES string of the molecule is O=c1n(Cc2ccc(-c3cccc(CN4CCCCC4)n3)cc2)cc(O)n1CC1CCO1. The highest BCUT2D eigenvalue weighted by Crippen LogP contribution is 2.21. The predicted octanol–water partition coefficient (Wildman–Crippen LogP) is 3.24. The first kappa shape index (κ1) is 21.0. The molecule has 1 atom stereocenters. The van der Waals surface area contributed by atoms with Crippen LogP contribution in [0.15, 0.2) is 53.5 Å². The summed E-state index contributed by atoms with van der Waals surface area (Å²) in [6.45, 7) is 4.75. The van der Waals surface area contributed by atoms with E-state index in [1.54, 1.807) is 4.57 Å². The van der Waals surface area contributed by atoms with Crippen LogP contribution >= 0.6 is 0 Å². The van der Waals surface area contributed by atoms with Crippen LogP contribution in [-0.2, 0) is 24.4 Å². The number of rotatable bonds is 7. The lowest BCUT2D eigenvalue weighted by molar-refractivity contribution is -0.0604. The van der Waals surface area contributed by atoms with Gasteiger partial charge >= 0.3 is 5.69 Å². The molecule has 4 heterocycles. The van der Waals surface area contributed by atoms with Crippen LogP contribution in [0.25, 0.3) is 11.3 Å². The summed E-state index contributed by atoms with van der Waals surface area (Å²) < 4.78 is 8.32. The Kier molecular flexibility index (Phi) is 6.10. The lowest BCUT2D eigenvalue weighted by Crippen LogP contribution is -2.35. The topological polar surface area (TPSA) is 72.5 Å². The van der Waals surface area contributed by atoms with E-state index in [-0.39, 0.29) is 17.7 Å². The molecule has 168 valence electrons. The normalized spacial score (nSPS) is 19.1. The van der Waals surface area contributed by atoms with Crippen molar-refractivity contribution in [2.45, 2.75) is 51.4 Å². The fraction of sp³-hybridized carbons (Fsp3) is 0.440. The molecule has 0 amide bonds. The van der Waals surface area contributed by atoms with Gasteiger partial charge in [-0.3, -0.25) is 19.0 Å². The van der Waals surface area contributed by atoms with Crippen molar-refractivity contribution < 1.29 is 9.84 Å². The van der Waals surface area contributed by atoms with E-state index in [0.717, 1.165) is 55.2 Å². The smallest absolute Gasteiger partial charge is 0.331 e. The molecule has 0 saturated carbocycles. The van der Waals surface area contributed by atoms with Crippen LogP contribution in [0.1, 0.15) is 36.9 Å². The number of hydrogen-bond acceptors (Lipinski definition) is 5. The molecule has 1 aromatic carbocycles. The van der Waals surface area contributed by atoms with Gasteiger partial charge in [0.05, 0.1) is 36.8 Å². The highest BCUT2D eigenvalue weighted by Gasteiger charge is 2.22. The minimum Gasteiger partial charge on any atom is -0.493 e. The molecule has 32 heavy (non-hydrogen) atoms. The van der Waals surface area contributed by atoms with E-state index >= 15 is 0 Å². The Labute approximate surface area is 187 Å². The number of piperidine rings is 1. The Morgan fingerprint density at radius 1 is 1.03 bits per heavy atom. The number of aromatic nitrogens is 3. The van der Waals surface area contributed by atoms with Crippen LogP contribution in [0.4, 0.5) is 0 Å². The van der Waals surface area contributed by atoms with E-state index < -0.39 is 0 Å². The quantitative estimate of drug-likeness (QED) is 0.618. The standard InChI is InChI=1S/C25H30N4O3/c30-24-18-28(25(31)29(24)17-22-11-14-32-22)15-19-7-9-20(10-8-19)23-6-4-5-21(26-23)16-27-12-2-1-3-13-27/h4-10,18,22,30H,1-3,11-17H2. The Hall–Kier alpha value is -2.90. The van der Waals surface area contributed by atoms with Gasteiger partial charge in [0.1, 0.15) is 0 Å². The fourth-order valence-corrected chi connectivity index (χ4v) is 4.49. The van der Waals surface area contributed by atoms with Gasteiger partial charge in [0.25, 0.3) is 0 Å². The Bertz CT molecular complexity index is 1110. The van der Waals surface area contributed by atoms with Crippen LogP contribution in [0.5, 0.6) is 5.88 Å². The molecule has 2 aliphatic rings. The minimum atomic E-state index is -0.214. The van der Waals surface area contributed by atoms with Gasteiger partial charge in [0.2, 0.25) is 5.88 Å².